The van der Waals surface area contributed by atoms with E-state index in [1.807, 2.05) is 31.2 Å². The maximum absolute atomic E-state index is 9.54. The quantitative estimate of drug-likeness (QED) is 0.682. The van der Waals surface area contributed by atoms with Crippen molar-refractivity contribution >= 4 is 5.69 Å². The van der Waals surface area contributed by atoms with Gasteiger partial charge in [0.25, 0.3) is 0 Å². The Morgan fingerprint density at radius 2 is 1.93 bits per heavy atom. The zero-order valence-electron chi connectivity index (χ0n) is 8.40. The summed E-state index contributed by atoms with van der Waals surface area (Å²) in [7, 11) is 0. The summed E-state index contributed by atoms with van der Waals surface area (Å²) in [4.78, 5) is 2.21. The molecule has 0 bridgehead atoms. The van der Waals surface area contributed by atoms with E-state index >= 15 is 0 Å². The van der Waals surface area contributed by atoms with Gasteiger partial charge in [-0.25, -0.2) is 0 Å². The first-order valence-corrected chi connectivity index (χ1v) is 4.84. The SMILES string of the molecule is CC1(O)CN(Cc2ccc(N)cc2)C1. The highest BCUT2D eigenvalue weighted by molar-refractivity contribution is 5.39. The number of nitrogens with two attached hydrogens (primary N) is 1. The van der Waals surface area contributed by atoms with E-state index in [2.05, 4.69) is 4.90 Å². The minimum absolute atomic E-state index is 0.478. The molecule has 3 heteroatoms. The lowest BCUT2D eigenvalue weighted by molar-refractivity contribution is -0.0871. The van der Waals surface area contributed by atoms with Gasteiger partial charge in [0.15, 0.2) is 0 Å². The molecule has 1 aromatic carbocycles. The molecule has 3 nitrogen and oxygen atoms in total. The summed E-state index contributed by atoms with van der Waals surface area (Å²) in [5.74, 6) is 0. The molecule has 1 aliphatic rings. The average molecular weight is 192 g/mol. The molecule has 0 unspecified atom stereocenters. The summed E-state index contributed by atoms with van der Waals surface area (Å²) >= 11 is 0. The van der Waals surface area contributed by atoms with Crippen molar-refractivity contribution in [2.75, 3.05) is 18.8 Å². The third-order valence-electron chi connectivity index (χ3n) is 2.51. The molecule has 1 aromatic rings. The van der Waals surface area contributed by atoms with E-state index in [0.717, 1.165) is 25.3 Å². The van der Waals surface area contributed by atoms with Crippen LogP contribution in [0.15, 0.2) is 24.3 Å². The van der Waals surface area contributed by atoms with Crippen molar-refractivity contribution in [2.45, 2.75) is 19.1 Å². The van der Waals surface area contributed by atoms with Gasteiger partial charge in [-0.05, 0) is 24.6 Å². The van der Waals surface area contributed by atoms with Crippen LogP contribution in [0, 0.1) is 0 Å². The molecule has 14 heavy (non-hydrogen) atoms. The first-order chi connectivity index (χ1) is 6.55. The standard InChI is InChI=1S/C11H16N2O/c1-11(14)7-13(8-11)6-9-2-4-10(12)5-3-9/h2-5,14H,6-8,12H2,1H3. The lowest BCUT2D eigenvalue weighted by Crippen LogP contribution is -2.59. The summed E-state index contributed by atoms with van der Waals surface area (Å²) in [5, 5.41) is 9.54. The van der Waals surface area contributed by atoms with Crippen LogP contribution < -0.4 is 5.73 Å². The van der Waals surface area contributed by atoms with Crippen LogP contribution in [0.5, 0.6) is 0 Å². The number of hydrogen-bond acceptors (Lipinski definition) is 3. The van der Waals surface area contributed by atoms with Crippen LogP contribution in [0.2, 0.25) is 0 Å². The second-order valence-corrected chi connectivity index (χ2v) is 4.38. The van der Waals surface area contributed by atoms with Gasteiger partial charge in [-0.2, -0.15) is 0 Å². The second-order valence-electron chi connectivity index (χ2n) is 4.38. The summed E-state index contributed by atoms with van der Waals surface area (Å²) < 4.78 is 0. The Labute approximate surface area is 84.1 Å². The summed E-state index contributed by atoms with van der Waals surface area (Å²) in [5.41, 5.74) is 7.16. The fraction of sp³-hybridized carbons (Fsp3) is 0.455. The van der Waals surface area contributed by atoms with Crippen molar-refractivity contribution < 1.29 is 5.11 Å². The number of β-amino-alcohol motifs (C(OH)–C–C–N with tert-alkyl or cyclic N) is 1. The van der Waals surface area contributed by atoms with E-state index in [9.17, 15) is 5.11 Å². The van der Waals surface area contributed by atoms with Gasteiger partial charge in [-0.3, -0.25) is 4.90 Å². The van der Waals surface area contributed by atoms with Crippen molar-refractivity contribution in [1.82, 2.24) is 4.90 Å². The minimum atomic E-state index is -0.478. The Morgan fingerprint density at radius 3 is 2.43 bits per heavy atom. The number of aliphatic hydroxyl groups is 1. The predicted molar refractivity (Wildman–Crippen MR) is 56.8 cm³/mol. The van der Waals surface area contributed by atoms with Gasteiger partial charge in [0, 0.05) is 25.3 Å². The Balaban J connectivity index is 1.90. The van der Waals surface area contributed by atoms with Crippen LogP contribution in [-0.2, 0) is 6.54 Å². The average Bonchev–Trinajstić information content (AvgIpc) is 2.06. The lowest BCUT2D eigenvalue weighted by Gasteiger charge is -2.44. The van der Waals surface area contributed by atoms with Gasteiger partial charge in [0.1, 0.15) is 0 Å². The Bertz CT molecular complexity index is 311. The van der Waals surface area contributed by atoms with Gasteiger partial charge in [-0.1, -0.05) is 12.1 Å². The van der Waals surface area contributed by atoms with E-state index < -0.39 is 5.60 Å². The van der Waals surface area contributed by atoms with Gasteiger partial charge in [0.2, 0.25) is 0 Å². The molecule has 0 radical (unpaired) electrons. The predicted octanol–water partition coefficient (Wildman–Crippen LogP) is 0.835. The third kappa shape index (κ3) is 2.05. The normalized spacial score (nSPS) is 20.4. The number of likely N-dealkylation sites (tertiary alicyclic amines) is 1. The molecular weight excluding hydrogens is 176 g/mol. The highest BCUT2D eigenvalue weighted by atomic mass is 16.3. The molecule has 1 saturated heterocycles. The van der Waals surface area contributed by atoms with E-state index in [1.54, 1.807) is 0 Å². The molecule has 2 rings (SSSR count). The minimum Gasteiger partial charge on any atom is -0.399 e. The number of anilines is 1. The summed E-state index contributed by atoms with van der Waals surface area (Å²) in [6, 6.07) is 7.88. The molecular formula is C11H16N2O. The van der Waals surface area contributed by atoms with Crippen LogP contribution in [0.3, 0.4) is 0 Å². The lowest BCUT2D eigenvalue weighted by atomic mass is 9.96. The van der Waals surface area contributed by atoms with Crippen LogP contribution in [0.25, 0.3) is 0 Å². The molecule has 1 heterocycles. The van der Waals surface area contributed by atoms with Crippen molar-refractivity contribution in [3.05, 3.63) is 29.8 Å². The Hall–Kier alpha value is -1.06. The van der Waals surface area contributed by atoms with Gasteiger partial charge < -0.3 is 10.8 Å². The molecule has 1 fully saturated rings. The fourth-order valence-electron chi connectivity index (χ4n) is 1.91. The number of nitrogens with zero attached hydrogens (tertiary/aromatic N) is 1. The van der Waals surface area contributed by atoms with Crippen LogP contribution in [0.4, 0.5) is 5.69 Å². The summed E-state index contributed by atoms with van der Waals surface area (Å²) in [6.07, 6.45) is 0. The third-order valence-corrected chi connectivity index (χ3v) is 2.51. The second kappa shape index (κ2) is 3.26. The first kappa shape index (κ1) is 9.49. The highest BCUT2D eigenvalue weighted by Crippen LogP contribution is 2.22. The van der Waals surface area contributed by atoms with Gasteiger partial charge in [0.05, 0.1) is 5.60 Å². The highest BCUT2D eigenvalue weighted by Gasteiger charge is 2.35. The molecule has 0 atom stereocenters. The van der Waals surface area contributed by atoms with Crippen molar-refractivity contribution in [2.24, 2.45) is 0 Å². The maximum atomic E-state index is 9.54. The molecule has 0 saturated carbocycles. The molecule has 76 valence electrons. The maximum Gasteiger partial charge on any atom is 0.0872 e. The van der Waals surface area contributed by atoms with Gasteiger partial charge >= 0.3 is 0 Å². The van der Waals surface area contributed by atoms with Crippen molar-refractivity contribution in [1.29, 1.82) is 0 Å². The van der Waals surface area contributed by atoms with Crippen molar-refractivity contribution in [3.8, 4) is 0 Å². The molecule has 0 spiro atoms. The molecule has 3 N–H and O–H groups in total. The Morgan fingerprint density at radius 1 is 1.36 bits per heavy atom. The van der Waals surface area contributed by atoms with E-state index in [1.165, 1.54) is 5.56 Å². The number of nitrogen functional groups attached to an aromatic ring is 1. The van der Waals surface area contributed by atoms with Crippen LogP contribution >= 0.6 is 0 Å². The zero-order valence-corrected chi connectivity index (χ0v) is 8.40. The first-order valence-electron chi connectivity index (χ1n) is 4.84. The smallest absolute Gasteiger partial charge is 0.0872 e. The molecule has 0 aromatic heterocycles. The number of benzene rings is 1. The van der Waals surface area contributed by atoms with Gasteiger partial charge in [-0.15, -0.1) is 0 Å². The largest absolute Gasteiger partial charge is 0.399 e. The molecule has 0 aliphatic carbocycles. The fourth-order valence-corrected chi connectivity index (χ4v) is 1.91. The van der Waals surface area contributed by atoms with Crippen molar-refractivity contribution in [3.63, 3.8) is 0 Å². The van der Waals surface area contributed by atoms with Crippen LogP contribution in [-0.4, -0.2) is 28.7 Å². The monoisotopic (exact) mass is 192 g/mol. The number of hydrogen-bond donors (Lipinski definition) is 2. The van der Waals surface area contributed by atoms with Crippen LogP contribution in [0.1, 0.15) is 12.5 Å². The Kier molecular flexibility index (Phi) is 2.21. The zero-order chi connectivity index (χ0) is 10.2. The van der Waals surface area contributed by atoms with E-state index in [-0.39, 0.29) is 0 Å². The number of rotatable bonds is 2. The van der Waals surface area contributed by atoms with E-state index in [4.69, 9.17) is 5.73 Å². The summed E-state index contributed by atoms with van der Waals surface area (Å²) in [6.45, 7) is 4.29. The molecule has 1 aliphatic heterocycles. The van der Waals surface area contributed by atoms with E-state index in [0.29, 0.717) is 0 Å². The molecule has 0 amide bonds. The topological polar surface area (TPSA) is 49.5 Å².